The molecule has 1 aromatic rings. The van der Waals surface area contributed by atoms with Crippen molar-refractivity contribution in [2.24, 2.45) is 5.92 Å². The predicted octanol–water partition coefficient (Wildman–Crippen LogP) is 4.67. The first kappa shape index (κ1) is 19.1. The van der Waals surface area contributed by atoms with E-state index in [1.807, 2.05) is 0 Å². The van der Waals surface area contributed by atoms with Crippen molar-refractivity contribution in [1.29, 1.82) is 0 Å². The van der Waals surface area contributed by atoms with Gasteiger partial charge in [0.2, 0.25) is 0 Å². The smallest absolute Gasteiger partial charge is 0.224 e. The number of hydrogen-bond donors (Lipinski definition) is 0. The SMILES string of the molecule is CC(C)CS(=O)(=O)c1ccc(C2C(C(F)(F)F)=C[C]=CC2Cl)cc1. The zero-order valence-electron chi connectivity index (χ0n) is 13.1. The number of hydrogen-bond acceptors (Lipinski definition) is 2. The van der Waals surface area contributed by atoms with Gasteiger partial charge in [0.15, 0.2) is 9.84 Å². The van der Waals surface area contributed by atoms with Crippen molar-refractivity contribution in [2.75, 3.05) is 5.75 Å². The molecule has 1 aliphatic carbocycles. The third-order valence-corrected chi connectivity index (χ3v) is 6.10. The van der Waals surface area contributed by atoms with Crippen LogP contribution < -0.4 is 0 Å². The van der Waals surface area contributed by atoms with Gasteiger partial charge in [-0.25, -0.2) is 8.42 Å². The van der Waals surface area contributed by atoms with E-state index in [9.17, 15) is 21.6 Å². The summed E-state index contributed by atoms with van der Waals surface area (Å²) < 4.78 is 63.9. The summed E-state index contributed by atoms with van der Waals surface area (Å²) in [6.45, 7) is 3.57. The fourth-order valence-electron chi connectivity index (χ4n) is 2.63. The van der Waals surface area contributed by atoms with Crippen LogP contribution in [0.2, 0.25) is 0 Å². The Labute approximate surface area is 144 Å². The topological polar surface area (TPSA) is 34.1 Å². The Hall–Kier alpha value is -1.27. The molecule has 0 saturated heterocycles. The summed E-state index contributed by atoms with van der Waals surface area (Å²) in [7, 11) is -3.45. The molecule has 1 aliphatic rings. The summed E-state index contributed by atoms with van der Waals surface area (Å²) in [5, 5.41) is -0.898. The first-order valence-corrected chi connectivity index (χ1v) is 9.44. The third-order valence-electron chi connectivity index (χ3n) is 3.63. The highest BCUT2D eigenvalue weighted by Crippen LogP contribution is 2.43. The number of rotatable bonds is 4. The molecule has 0 aromatic heterocycles. The van der Waals surface area contributed by atoms with Crippen LogP contribution >= 0.6 is 11.6 Å². The standard InChI is InChI=1S/C17H17ClF3O2S/c1-11(2)10-24(22,23)13-8-6-12(7-9-13)16-14(17(19,20)21)4-3-5-15(16)18/h4-9,11,15-16H,10H2,1-2H3. The summed E-state index contributed by atoms with van der Waals surface area (Å²) in [6, 6.07) is 5.47. The number of alkyl halides is 4. The van der Waals surface area contributed by atoms with E-state index < -0.39 is 32.9 Å². The van der Waals surface area contributed by atoms with Crippen LogP contribution in [0.15, 0.2) is 46.9 Å². The highest BCUT2D eigenvalue weighted by molar-refractivity contribution is 7.91. The molecule has 131 valence electrons. The summed E-state index contributed by atoms with van der Waals surface area (Å²) in [5.74, 6) is -1.14. The first-order chi connectivity index (χ1) is 11.0. The van der Waals surface area contributed by atoms with Gasteiger partial charge in [-0.1, -0.05) is 32.1 Å². The molecule has 0 heterocycles. The van der Waals surface area contributed by atoms with Gasteiger partial charge in [-0.05, 0) is 35.8 Å². The van der Waals surface area contributed by atoms with Gasteiger partial charge in [-0.3, -0.25) is 0 Å². The minimum absolute atomic E-state index is 0.0146. The Morgan fingerprint density at radius 1 is 1.21 bits per heavy atom. The van der Waals surface area contributed by atoms with Gasteiger partial charge in [0, 0.05) is 11.5 Å². The fourth-order valence-corrected chi connectivity index (χ4v) is 4.60. The Kier molecular flexibility index (Phi) is 5.50. The molecular formula is C17H17ClF3O2S. The van der Waals surface area contributed by atoms with Crippen LogP contribution in [0, 0.1) is 12.0 Å². The maximum Gasteiger partial charge on any atom is 0.413 e. The molecule has 0 N–H and O–H groups in total. The van der Waals surface area contributed by atoms with E-state index in [1.54, 1.807) is 13.8 Å². The van der Waals surface area contributed by atoms with Gasteiger partial charge in [0.05, 0.1) is 16.0 Å². The quantitative estimate of drug-likeness (QED) is 0.714. The molecule has 0 saturated carbocycles. The zero-order chi connectivity index (χ0) is 18.1. The zero-order valence-corrected chi connectivity index (χ0v) is 14.7. The molecule has 0 spiro atoms. The van der Waals surface area contributed by atoms with Crippen LogP contribution in [-0.2, 0) is 9.84 Å². The summed E-state index contributed by atoms with van der Waals surface area (Å²) in [4.78, 5) is 0.0986. The van der Waals surface area contributed by atoms with Gasteiger partial charge >= 0.3 is 6.18 Å². The largest absolute Gasteiger partial charge is 0.413 e. The van der Waals surface area contributed by atoms with Gasteiger partial charge in [0.1, 0.15) is 0 Å². The van der Waals surface area contributed by atoms with Crippen molar-refractivity contribution in [1.82, 2.24) is 0 Å². The van der Waals surface area contributed by atoms with E-state index in [1.165, 1.54) is 30.3 Å². The summed E-state index contributed by atoms with van der Waals surface area (Å²) in [5.41, 5.74) is -0.470. The Bertz CT molecular complexity index is 747. The van der Waals surface area contributed by atoms with Gasteiger partial charge in [0.25, 0.3) is 0 Å². The molecule has 0 amide bonds. The van der Waals surface area contributed by atoms with Crippen molar-refractivity contribution in [3.05, 3.63) is 53.6 Å². The average Bonchev–Trinajstić information content (AvgIpc) is 2.45. The van der Waals surface area contributed by atoms with E-state index in [0.717, 1.165) is 6.08 Å². The van der Waals surface area contributed by atoms with E-state index in [2.05, 4.69) is 6.08 Å². The van der Waals surface area contributed by atoms with Crippen molar-refractivity contribution in [3.8, 4) is 0 Å². The molecule has 24 heavy (non-hydrogen) atoms. The lowest BCUT2D eigenvalue weighted by atomic mass is 9.84. The second kappa shape index (κ2) is 6.92. The highest BCUT2D eigenvalue weighted by atomic mass is 35.5. The molecule has 0 aliphatic heterocycles. The fraction of sp³-hybridized carbons (Fsp3) is 0.412. The van der Waals surface area contributed by atoms with E-state index in [-0.39, 0.29) is 16.6 Å². The lowest BCUT2D eigenvalue weighted by molar-refractivity contribution is -0.0959. The van der Waals surface area contributed by atoms with Crippen LogP contribution in [-0.4, -0.2) is 25.7 Å². The number of benzene rings is 1. The second-order valence-corrected chi connectivity index (χ2v) is 8.64. The molecule has 0 bridgehead atoms. The van der Waals surface area contributed by atoms with E-state index >= 15 is 0 Å². The van der Waals surface area contributed by atoms with Gasteiger partial charge in [-0.15, -0.1) is 11.6 Å². The Morgan fingerprint density at radius 2 is 1.79 bits per heavy atom. The lowest BCUT2D eigenvalue weighted by Gasteiger charge is -2.27. The second-order valence-electron chi connectivity index (χ2n) is 6.10. The minimum Gasteiger partial charge on any atom is -0.224 e. The van der Waals surface area contributed by atoms with E-state index in [4.69, 9.17) is 11.6 Å². The van der Waals surface area contributed by atoms with Crippen LogP contribution in [0.4, 0.5) is 13.2 Å². The molecule has 0 fully saturated rings. The third kappa shape index (κ3) is 4.22. The molecule has 1 radical (unpaired) electrons. The number of halogens is 4. The monoisotopic (exact) mass is 377 g/mol. The van der Waals surface area contributed by atoms with E-state index in [0.29, 0.717) is 5.56 Å². The van der Waals surface area contributed by atoms with Gasteiger partial charge in [-0.2, -0.15) is 13.2 Å². The first-order valence-electron chi connectivity index (χ1n) is 7.36. The molecule has 1 aromatic carbocycles. The Balaban J connectivity index is 2.36. The molecule has 2 nitrogen and oxygen atoms in total. The number of sulfone groups is 1. The molecule has 7 heteroatoms. The van der Waals surface area contributed by atoms with Crippen molar-refractivity contribution in [3.63, 3.8) is 0 Å². The van der Waals surface area contributed by atoms with Gasteiger partial charge < -0.3 is 0 Å². The van der Waals surface area contributed by atoms with Crippen LogP contribution in [0.5, 0.6) is 0 Å². The predicted molar refractivity (Wildman–Crippen MR) is 87.7 cm³/mol. The molecule has 2 unspecified atom stereocenters. The molecular weight excluding hydrogens is 361 g/mol. The molecule has 2 atom stereocenters. The highest BCUT2D eigenvalue weighted by Gasteiger charge is 2.42. The van der Waals surface area contributed by atoms with Crippen molar-refractivity contribution >= 4 is 21.4 Å². The van der Waals surface area contributed by atoms with Crippen LogP contribution in [0.1, 0.15) is 25.3 Å². The maximum absolute atomic E-state index is 13.2. The van der Waals surface area contributed by atoms with Crippen LogP contribution in [0.3, 0.4) is 0 Å². The van der Waals surface area contributed by atoms with Crippen LogP contribution in [0.25, 0.3) is 0 Å². The average molecular weight is 378 g/mol. The number of allylic oxidation sites excluding steroid dienone is 4. The summed E-state index contributed by atoms with van der Waals surface area (Å²) >= 11 is 6.04. The minimum atomic E-state index is -4.53. The summed E-state index contributed by atoms with van der Waals surface area (Å²) in [6.07, 6.45) is 0.135. The van der Waals surface area contributed by atoms with Crippen molar-refractivity contribution < 1.29 is 21.6 Å². The normalized spacial score (nSPS) is 21.9. The molecule has 2 rings (SSSR count). The Morgan fingerprint density at radius 3 is 2.29 bits per heavy atom. The lowest BCUT2D eigenvalue weighted by Crippen LogP contribution is -2.26. The van der Waals surface area contributed by atoms with Crippen molar-refractivity contribution in [2.45, 2.75) is 36.2 Å². The maximum atomic E-state index is 13.2.